The van der Waals surface area contributed by atoms with Crippen LogP contribution in [0, 0.1) is 0 Å². The van der Waals surface area contributed by atoms with Gasteiger partial charge in [-0.3, -0.25) is 0 Å². The Labute approximate surface area is 108 Å². The Kier molecular flexibility index (Phi) is 4.97. The maximum Gasteiger partial charge on any atom is 0.573 e. The third kappa shape index (κ3) is 5.46. The number of hydrogen-bond donors (Lipinski definition) is 0. The largest absolute Gasteiger partial charge is 0.573 e. The molecule has 0 saturated heterocycles. The fourth-order valence-corrected chi connectivity index (χ4v) is 1.32. The van der Waals surface area contributed by atoms with E-state index in [-0.39, 0.29) is 12.4 Å². The lowest BCUT2D eigenvalue weighted by molar-refractivity contribution is -0.274. The average molecular weight is 274 g/mol. The summed E-state index contributed by atoms with van der Waals surface area (Å²) in [6, 6.07) is 5.20. The maximum absolute atomic E-state index is 11.9. The molecule has 0 atom stereocenters. The van der Waals surface area contributed by atoms with Crippen molar-refractivity contribution in [1.82, 2.24) is 0 Å². The molecule has 19 heavy (non-hydrogen) atoms. The normalized spacial score (nSPS) is 12.2. The Balaban J connectivity index is 2.77. The predicted molar refractivity (Wildman–Crippen MR) is 63.4 cm³/mol. The van der Waals surface area contributed by atoms with Crippen LogP contribution in [-0.2, 0) is 9.53 Å². The summed E-state index contributed by atoms with van der Waals surface area (Å²) in [6.45, 7) is 3.52. The van der Waals surface area contributed by atoms with Crippen molar-refractivity contribution < 1.29 is 27.4 Å². The molecule has 1 aromatic rings. The van der Waals surface area contributed by atoms with Crippen molar-refractivity contribution in [2.45, 2.75) is 20.2 Å². The highest BCUT2D eigenvalue weighted by Gasteiger charge is 2.30. The van der Waals surface area contributed by atoms with E-state index in [1.807, 2.05) is 0 Å². The molecule has 0 aromatic heterocycles. The van der Waals surface area contributed by atoms with E-state index >= 15 is 0 Å². The van der Waals surface area contributed by atoms with Gasteiger partial charge in [0.15, 0.2) is 0 Å². The van der Waals surface area contributed by atoms with E-state index in [1.165, 1.54) is 30.3 Å². The summed E-state index contributed by atoms with van der Waals surface area (Å²) in [5.41, 5.74) is 0.950. The minimum Gasteiger partial charge on any atom is -0.463 e. The highest BCUT2D eigenvalue weighted by atomic mass is 19.4. The molecule has 0 unspecified atom stereocenters. The van der Waals surface area contributed by atoms with Crippen LogP contribution >= 0.6 is 0 Å². The summed E-state index contributed by atoms with van der Waals surface area (Å²) < 4.78 is 44.4. The number of ether oxygens (including phenoxy) is 2. The van der Waals surface area contributed by atoms with Crippen molar-refractivity contribution in [3.63, 3.8) is 0 Å². The van der Waals surface area contributed by atoms with Crippen molar-refractivity contribution >= 4 is 12.0 Å². The van der Waals surface area contributed by atoms with Gasteiger partial charge in [0.1, 0.15) is 5.75 Å². The minimum atomic E-state index is -4.71. The molecule has 6 heteroatoms. The quantitative estimate of drug-likeness (QED) is 0.622. The monoisotopic (exact) mass is 274 g/mol. The lowest BCUT2D eigenvalue weighted by atomic mass is 10.1. The van der Waals surface area contributed by atoms with Gasteiger partial charge in [-0.2, -0.15) is 0 Å². The molecular weight excluding hydrogens is 261 g/mol. The van der Waals surface area contributed by atoms with Crippen LogP contribution in [0.3, 0.4) is 0 Å². The summed E-state index contributed by atoms with van der Waals surface area (Å²) in [7, 11) is 0. The summed E-state index contributed by atoms with van der Waals surface area (Å²) in [6.07, 6.45) is -3.19. The molecule has 0 fully saturated rings. The van der Waals surface area contributed by atoms with E-state index in [0.717, 1.165) is 0 Å². The molecule has 0 heterocycles. The summed E-state index contributed by atoms with van der Waals surface area (Å²) >= 11 is 0. The van der Waals surface area contributed by atoms with Crippen LogP contribution in [0.2, 0.25) is 0 Å². The van der Waals surface area contributed by atoms with Gasteiger partial charge >= 0.3 is 12.3 Å². The Morgan fingerprint density at radius 1 is 1.26 bits per heavy atom. The van der Waals surface area contributed by atoms with Gasteiger partial charge in [0.2, 0.25) is 0 Å². The summed E-state index contributed by atoms with van der Waals surface area (Å²) in [5, 5.41) is 0. The number of carbonyl (C=O) groups excluding carboxylic acids is 1. The van der Waals surface area contributed by atoms with Gasteiger partial charge in [0.05, 0.1) is 6.61 Å². The Morgan fingerprint density at radius 3 is 2.32 bits per heavy atom. The zero-order valence-electron chi connectivity index (χ0n) is 10.5. The summed E-state index contributed by atoms with van der Waals surface area (Å²) in [4.78, 5) is 11.3. The van der Waals surface area contributed by atoms with Crippen LogP contribution in [0.4, 0.5) is 13.2 Å². The minimum absolute atomic E-state index is 0.266. The van der Waals surface area contributed by atoms with E-state index < -0.39 is 12.3 Å². The van der Waals surface area contributed by atoms with E-state index in [4.69, 9.17) is 4.74 Å². The molecule has 0 saturated carbocycles. The lowest BCUT2D eigenvalue weighted by Crippen LogP contribution is -2.16. The molecule has 0 amide bonds. The van der Waals surface area contributed by atoms with Gasteiger partial charge in [-0.05, 0) is 37.6 Å². The van der Waals surface area contributed by atoms with Crippen LogP contribution in [0.5, 0.6) is 5.75 Å². The van der Waals surface area contributed by atoms with Gasteiger partial charge in [-0.15, -0.1) is 13.2 Å². The zero-order valence-corrected chi connectivity index (χ0v) is 10.5. The fourth-order valence-electron chi connectivity index (χ4n) is 1.32. The molecule has 0 aliphatic heterocycles. The van der Waals surface area contributed by atoms with Gasteiger partial charge in [-0.25, -0.2) is 4.79 Å². The van der Waals surface area contributed by atoms with Crippen LogP contribution in [-0.4, -0.2) is 18.9 Å². The highest BCUT2D eigenvalue weighted by molar-refractivity contribution is 5.92. The van der Waals surface area contributed by atoms with Gasteiger partial charge in [0, 0.05) is 5.57 Å². The first-order valence-electron chi connectivity index (χ1n) is 5.53. The molecule has 1 rings (SSSR count). The SMILES string of the molecule is CCOC(=O)/C(C)=C/c1ccc(OC(F)(F)F)cc1. The van der Waals surface area contributed by atoms with Crippen molar-refractivity contribution in [3.05, 3.63) is 35.4 Å². The molecule has 0 aliphatic rings. The molecule has 0 radical (unpaired) electrons. The van der Waals surface area contributed by atoms with Crippen LogP contribution in [0.1, 0.15) is 19.4 Å². The molecule has 0 N–H and O–H groups in total. The fraction of sp³-hybridized carbons (Fsp3) is 0.308. The predicted octanol–water partition coefficient (Wildman–Crippen LogP) is 3.55. The Morgan fingerprint density at radius 2 is 1.84 bits per heavy atom. The Bertz CT molecular complexity index is 461. The topological polar surface area (TPSA) is 35.5 Å². The molecule has 104 valence electrons. The number of carbonyl (C=O) groups is 1. The van der Waals surface area contributed by atoms with Gasteiger partial charge in [-0.1, -0.05) is 12.1 Å². The summed E-state index contributed by atoms with van der Waals surface area (Å²) in [5.74, 6) is -0.767. The molecule has 1 aromatic carbocycles. The van der Waals surface area contributed by atoms with Crippen molar-refractivity contribution in [2.24, 2.45) is 0 Å². The van der Waals surface area contributed by atoms with E-state index in [1.54, 1.807) is 13.8 Å². The van der Waals surface area contributed by atoms with Crippen molar-refractivity contribution in [1.29, 1.82) is 0 Å². The smallest absolute Gasteiger partial charge is 0.463 e. The van der Waals surface area contributed by atoms with Gasteiger partial charge < -0.3 is 9.47 Å². The first kappa shape index (κ1) is 15.1. The lowest BCUT2D eigenvalue weighted by Gasteiger charge is -2.08. The van der Waals surface area contributed by atoms with Crippen molar-refractivity contribution in [2.75, 3.05) is 6.61 Å². The third-order valence-corrected chi connectivity index (χ3v) is 2.09. The molecular formula is C13H13F3O3. The van der Waals surface area contributed by atoms with E-state index in [2.05, 4.69) is 4.74 Å². The van der Waals surface area contributed by atoms with Crippen LogP contribution < -0.4 is 4.74 Å². The number of hydrogen-bond acceptors (Lipinski definition) is 3. The third-order valence-electron chi connectivity index (χ3n) is 2.09. The van der Waals surface area contributed by atoms with Crippen LogP contribution in [0.15, 0.2) is 29.8 Å². The van der Waals surface area contributed by atoms with Crippen LogP contribution in [0.25, 0.3) is 6.08 Å². The molecule has 0 spiro atoms. The standard InChI is InChI=1S/C13H13F3O3/c1-3-18-12(17)9(2)8-10-4-6-11(7-5-10)19-13(14,15)16/h4-8H,3H2,1-2H3/b9-8+. The molecule has 0 bridgehead atoms. The zero-order chi connectivity index (χ0) is 14.5. The average Bonchev–Trinajstić information content (AvgIpc) is 2.30. The first-order valence-corrected chi connectivity index (χ1v) is 5.53. The molecule has 3 nitrogen and oxygen atoms in total. The number of alkyl halides is 3. The second kappa shape index (κ2) is 6.26. The molecule has 0 aliphatic carbocycles. The first-order chi connectivity index (χ1) is 8.81. The second-order valence-corrected chi connectivity index (χ2v) is 3.66. The number of rotatable bonds is 4. The van der Waals surface area contributed by atoms with E-state index in [0.29, 0.717) is 11.1 Å². The second-order valence-electron chi connectivity index (χ2n) is 3.66. The van der Waals surface area contributed by atoms with Gasteiger partial charge in [0.25, 0.3) is 0 Å². The number of esters is 1. The van der Waals surface area contributed by atoms with Crippen molar-refractivity contribution in [3.8, 4) is 5.75 Å². The number of halogens is 3. The van der Waals surface area contributed by atoms with E-state index in [9.17, 15) is 18.0 Å². The highest BCUT2D eigenvalue weighted by Crippen LogP contribution is 2.23. The number of benzene rings is 1. The Hall–Kier alpha value is -1.98. The maximum atomic E-state index is 11.9.